The Morgan fingerprint density at radius 3 is 2.25 bits per heavy atom. The molecule has 0 aliphatic carbocycles. The van der Waals surface area contributed by atoms with E-state index in [-0.39, 0.29) is 6.04 Å². The topological polar surface area (TPSA) is 119 Å². The van der Waals surface area contributed by atoms with Gasteiger partial charge in [-0.05, 0) is 32.9 Å². The first-order valence-corrected chi connectivity index (χ1v) is 6.62. The molecule has 1 heterocycles. The summed E-state index contributed by atoms with van der Waals surface area (Å²) in [5, 5.41) is 22.2. The predicted molar refractivity (Wildman–Crippen MR) is 70.5 cm³/mol. The van der Waals surface area contributed by atoms with Gasteiger partial charge in [0.1, 0.15) is 6.04 Å². The molecule has 1 rings (SSSR count). The molecule has 1 unspecified atom stereocenters. The number of carbonyl (C=O) groups excluding carboxylic acids is 1. The summed E-state index contributed by atoms with van der Waals surface area (Å²) in [6, 6.07) is -2.22. The second-order valence-corrected chi connectivity index (χ2v) is 5.02. The quantitative estimate of drug-likeness (QED) is 0.510. The van der Waals surface area contributed by atoms with Crippen molar-refractivity contribution >= 4 is 18.0 Å². The Balaban J connectivity index is 2.36. The first-order chi connectivity index (χ1) is 9.38. The number of hydrogen-bond donors (Lipinski definition) is 4. The molecule has 1 aliphatic heterocycles. The van der Waals surface area contributed by atoms with Crippen LogP contribution in [0.25, 0.3) is 0 Å². The minimum atomic E-state index is -1.42. The lowest BCUT2D eigenvalue weighted by Gasteiger charge is -2.22. The van der Waals surface area contributed by atoms with Crippen LogP contribution in [-0.4, -0.2) is 64.8 Å². The molecular weight excluding hydrogens is 266 g/mol. The fourth-order valence-electron chi connectivity index (χ4n) is 2.20. The second kappa shape index (κ2) is 7.68. The summed E-state index contributed by atoms with van der Waals surface area (Å²) >= 11 is 0. The van der Waals surface area contributed by atoms with Gasteiger partial charge in [-0.2, -0.15) is 0 Å². The van der Waals surface area contributed by atoms with Crippen molar-refractivity contribution in [2.24, 2.45) is 0 Å². The van der Waals surface area contributed by atoms with E-state index in [2.05, 4.69) is 15.5 Å². The molecule has 0 radical (unpaired) electrons. The molecule has 0 aromatic heterocycles. The van der Waals surface area contributed by atoms with Crippen LogP contribution < -0.4 is 10.6 Å². The van der Waals surface area contributed by atoms with E-state index in [0.29, 0.717) is 6.54 Å². The van der Waals surface area contributed by atoms with E-state index in [1.165, 1.54) is 0 Å². The first kappa shape index (κ1) is 16.2. The summed E-state index contributed by atoms with van der Waals surface area (Å²) in [6.45, 7) is 4.53. The van der Waals surface area contributed by atoms with Crippen LogP contribution in [0.4, 0.5) is 4.79 Å². The van der Waals surface area contributed by atoms with Crippen LogP contribution in [0.15, 0.2) is 0 Å². The van der Waals surface area contributed by atoms with Gasteiger partial charge in [0.2, 0.25) is 0 Å². The van der Waals surface area contributed by atoms with Gasteiger partial charge in [-0.25, -0.2) is 9.59 Å². The predicted octanol–water partition coefficient (Wildman–Crippen LogP) is -0.302. The number of hydrogen-bond acceptors (Lipinski definition) is 4. The van der Waals surface area contributed by atoms with Crippen molar-refractivity contribution < 1.29 is 24.6 Å². The molecule has 20 heavy (non-hydrogen) atoms. The van der Waals surface area contributed by atoms with E-state index >= 15 is 0 Å². The number of carboxylic acid groups (broad SMARTS) is 2. The number of urea groups is 1. The van der Waals surface area contributed by atoms with Crippen molar-refractivity contribution in [2.45, 2.75) is 38.3 Å². The molecule has 114 valence electrons. The fourth-order valence-corrected chi connectivity index (χ4v) is 2.20. The van der Waals surface area contributed by atoms with Gasteiger partial charge in [-0.15, -0.1) is 0 Å². The zero-order valence-electron chi connectivity index (χ0n) is 11.5. The number of nitrogens with one attached hydrogen (secondary N) is 2. The molecule has 8 heteroatoms. The molecule has 0 bridgehead atoms. The van der Waals surface area contributed by atoms with Gasteiger partial charge in [0.05, 0.1) is 6.42 Å². The van der Waals surface area contributed by atoms with Crippen molar-refractivity contribution in [3.8, 4) is 0 Å². The third-order valence-corrected chi connectivity index (χ3v) is 3.09. The lowest BCUT2D eigenvalue weighted by molar-refractivity contribution is -0.145. The smallest absolute Gasteiger partial charge is 0.326 e. The van der Waals surface area contributed by atoms with E-state index in [1.54, 1.807) is 0 Å². The molecule has 1 aliphatic rings. The minimum absolute atomic E-state index is 0.132. The molecular formula is C12H21N3O5. The summed E-state index contributed by atoms with van der Waals surface area (Å²) in [4.78, 5) is 35.2. The third kappa shape index (κ3) is 5.87. The van der Waals surface area contributed by atoms with E-state index < -0.39 is 30.4 Å². The molecule has 0 aromatic carbocycles. The number of amides is 2. The Kier molecular flexibility index (Phi) is 6.23. The standard InChI is InChI=1S/C12H21N3O5/c1-8(7-15-4-2-3-5-15)13-12(20)14-9(11(18)19)6-10(16)17/h8-9H,2-7H2,1H3,(H,16,17)(H,18,19)(H2,13,14,20)/t8?,9-/m1/s1. The second-order valence-electron chi connectivity index (χ2n) is 5.02. The summed E-state index contributed by atoms with van der Waals surface area (Å²) in [5.41, 5.74) is 0. The highest BCUT2D eigenvalue weighted by molar-refractivity contribution is 5.86. The summed E-state index contributed by atoms with van der Waals surface area (Å²) in [6.07, 6.45) is 1.65. The average molecular weight is 287 g/mol. The minimum Gasteiger partial charge on any atom is -0.481 e. The van der Waals surface area contributed by atoms with E-state index in [0.717, 1.165) is 25.9 Å². The Labute approximate surface area is 117 Å². The van der Waals surface area contributed by atoms with Gasteiger partial charge < -0.3 is 25.7 Å². The number of carbonyl (C=O) groups is 3. The fraction of sp³-hybridized carbons (Fsp3) is 0.750. The van der Waals surface area contributed by atoms with Gasteiger partial charge in [0, 0.05) is 12.6 Å². The molecule has 2 amide bonds. The highest BCUT2D eigenvalue weighted by Gasteiger charge is 2.24. The monoisotopic (exact) mass is 287 g/mol. The van der Waals surface area contributed by atoms with Gasteiger partial charge >= 0.3 is 18.0 Å². The number of nitrogens with zero attached hydrogens (tertiary/aromatic N) is 1. The number of likely N-dealkylation sites (tertiary alicyclic amines) is 1. The van der Waals surface area contributed by atoms with E-state index in [9.17, 15) is 14.4 Å². The van der Waals surface area contributed by atoms with Crippen LogP contribution in [0, 0.1) is 0 Å². The van der Waals surface area contributed by atoms with E-state index in [1.807, 2.05) is 6.92 Å². The lowest BCUT2D eigenvalue weighted by Crippen LogP contribution is -2.51. The zero-order chi connectivity index (χ0) is 15.1. The Morgan fingerprint density at radius 1 is 1.15 bits per heavy atom. The summed E-state index contributed by atoms with van der Waals surface area (Å²) in [5.74, 6) is -2.64. The summed E-state index contributed by atoms with van der Waals surface area (Å²) < 4.78 is 0. The number of carboxylic acids is 2. The zero-order valence-corrected chi connectivity index (χ0v) is 11.5. The van der Waals surface area contributed by atoms with Crippen LogP contribution in [0.2, 0.25) is 0 Å². The summed E-state index contributed by atoms with van der Waals surface area (Å²) in [7, 11) is 0. The molecule has 0 spiro atoms. The molecule has 0 aromatic rings. The number of aliphatic carboxylic acids is 2. The van der Waals surface area contributed by atoms with Crippen LogP contribution >= 0.6 is 0 Å². The van der Waals surface area contributed by atoms with Crippen molar-refractivity contribution in [2.75, 3.05) is 19.6 Å². The molecule has 4 N–H and O–H groups in total. The largest absolute Gasteiger partial charge is 0.481 e. The Morgan fingerprint density at radius 2 is 1.75 bits per heavy atom. The molecule has 0 saturated carbocycles. The average Bonchev–Trinajstić information content (AvgIpc) is 2.79. The molecule has 8 nitrogen and oxygen atoms in total. The van der Waals surface area contributed by atoms with Crippen LogP contribution in [0.5, 0.6) is 0 Å². The maximum absolute atomic E-state index is 11.6. The van der Waals surface area contributed by atoms with Gasteiger partial charge in [-0.1, -0.05) is 0 Å². The van der Waals surface area contributed by atoms with Crippen molar-refractivity contribution in [1.82, 2.24) is 15.5 Å². The Bertz CT molecular complexity index is 368. The van der Waals surface area contributed by atoms with Crippen molar-refractivity contribution in [1.29, 1.82) is 0 Å². The lowest BCUT2D eigenvalue weighted by atomic mass is 10.2. The maximum atomic E-state index is 11.6. The van der Waals surface area contributed by atoms with Gasteiger partial charge in [0.15, 0.2) is 0 Å². The first-order valence-electron chi connectivity index (χ1n) is 6.62. The van der Waals surface area contributed by atoms with E-state index in [4.69, 9.17) is 10.2 Å². The number of rotatable bonds is 7. The highest BCUT2D eigenvalue weighted by atomic mass is 16.4. The van der Waals surface area contributed by atoms with Crippen LogP contribution in [0.1, 0.15) is 26.2 Å². The SMILES string of the molecule is CC(CN1CCCC1)NC(=O)N[C@H](CC(=O)O)C(=O)O. The Hall–Kier alpha value is -1.83. The molecule has 1 fully saturated rings. The van der Waals surface area contributed by atoms with Crippen LogP contribution in [0.3, 0.4) is 0 Å². The molecule has 1 saturated heterocycles. The highest BCUT2D eigenvalue weighted by Crippen LogP contribution is 2.07. The molecule has 2 atom stereocenters. The van der Waals surface area contributed by atoms with Crippen molar-refractivity contribution in [3.63, 3.8) is 0 Å². The normalized spacial score (nSPS) is 18.2. The van der Waals surface area contributed by atoms with Gasteiger partial charge in [-0.3, -0.25) is 4.79 Å². The third-order valence-electron chi connectivity index (χ3n) is 3.09. The van der Waals surface area contributed by atoms with Crippen LogP contribution in [-0.2, 0) is 9.59 Å². The van der Waals surface area contributed by atoms with Crippen molar-refractivity contribution in [3.05, 3.63) is 0 Å². The maximum Gasteiger partial charge on any atom is 0.326 e. The van der Waals surface area contributed by atoms with Gasteiger partial charge in [0.25, 0.3) is 0 Å².